The molecule has 1 amide bonds. The molecule has 3 rings (SSSR count). The standard InChI is InChI=1S/C12H10N6O2S/c1-7-10(21-6-13-7)11(19)14-8-2-4-9(5-3-8)20-12-15-17-18-16-12/h2-6H,1H3,(H,14,19)(H,15,16,17,18). The van der Waals surface area contributed by atoms with Crippen molar-refractivity contribution in [3.8, 4) is 11.8 Å². The van der Waals surface area contributed by atoms with E-state index in [4.69, 9.17) is 4.74 Å². The Labute approximate surface area is 123 Å². The third kappa shape index (κ3) is 3.03. The Morgan fingerprint density at radius 3 is 2.76 bits per heavy atom. The highest BCUT2D eigenvalue weighted by atomic mass is 32.1. The molecular formula is C12H10N6O2S. The summed E-state index contributed by atoms with van der Waals surface area (Å²) in [4.78, 5) is 16.7. The van der Waals surface area contributed by atoms with Crippen molar-refractivity contribution in [1.82, 2.24) is 25.6 Å². The van der Waals surface area contributed by atoms with Crippen molar-refractivity contribution in [2.24, 2.45) is 0 Å². The molecule has 0 aliphatic carbocycles. The first-order valence-corrected chi connectivity index (χ1v) is 6.83. The molecule has 0 saturated carbocycles. The normalized spacial score (nSPS) is 10.3. The van der Waals surface area contributed by atoms with Crippen molar-refractivity contribution in [2.45, 2.75) is 6.92 Å². The summed E-state index contributed by atoms with van der Waals surface area (Å²) in [6, 6.07) is 6.98. The van der Waals surface area contributed by atoms with Gasteiger partial charge in [-0.15, -0.1) is 11.3 Å². The molecule has 0 spiro atoms. The zero-order valence-electron chi connectivity index (χ0n) is 10.9. The number of ether oxygens (including phenoxy) is 1. The molecule has 2 aromatic heterocycles. The molecule has 2 heterocycles. The molecular weight excluding hydrogens is 292 g/mol. The lowest BCUT2D eigenvalue weighted by Crippen LogP contribution is -2.11. The fraction of sp³-hybridized carbons (Fsp3) is 0.0833. The Hall–Kier alpha value is -2.81. The van der Waals surface area contributed by atoms with Gasteiger partial charge in [0.1, 0.15) is 10.6 Å². The summed E-state index contributed by atoms with van der Waals surface area (Å²) in [5.74, 6) is 0.366. The maximum atomic E-state index is 12.0. The highest BCUT2D eigenvalue weighted by molar-refractivity contribution is 7.12. The fourth-order valence-corrected chi connectivity index (χ4v) is 2.31. The molecule has 106 valence electrons. The van der Waals surface area contributed by atoms with Crippen molar-refractivity contribution in [3.05, 3.63) is 40.3 Å². The van der Waals surface area contributed by atoms with Crippen LogP contribution in [0.15, 0.2) is 29.8 Å². The lowest BCUT2D eigenvalue weighted by molar-refractivity contribution is 0.103. The molecule has 0 saturated heterocycles. The number of aryl methyl sites for hydroxylation is 1. The number of aromatic amines is 1. The quantitative estimate of drug-likeness (QED) is 0.763. The van der Waals surface area contributed by atoms with Crippen molar-refractivity contribution in [1.29, 1.82) is 0 Å². The molecule has 21 heavy (non-hydrogen) atoms. The number of benzene rings is 1. The van der Waals surface area contributed by atoms with E-state index in [0.717, 1.165) is 5.69 Å². The van der Waals surface area contributed by atoms with Crippen molar-refractivity contribution in [3.63, 3.8) is 0 Å². The van der Waals surface area contributed by atoms with Gasteiger partial charge >= 0.3 is 6.01 Å². The SMILES string of the molecule is Cc1ncsc1C(=O)Nc1ccc(Oc2nn[nH]n2)cc1. The molecule has 0 aliphatic heterocycles. The molecule has 0 atom stereocenters. The number of H-pyrrole nitrogens is 1. The Kier molecular flexibility index (Phi) is 3.56. The van der Waals surface area contributed by atoms with Crippen LogP contribution in [0.25, 0.3) is 0 Å². The van der Waals surface area contributed by atoms with Gasteiger partial charge in [-0.3, -0.25) is 4.79 Å². The van der Waals surface area contributed by atoms with Crippen LogP contribution in [0, 0.1) is 6.92 Å². The number of thiazole rings is 1. The van der Waals surface area contributed by atoms with Crippen LogP contribution in [0.4, 0.5) is 5.69 Å². The van der Waals surface area contributed by atoms with E-state index in [0.29, 0.717) is 16.3 Å². The Bertz CT molecular complexity index is 737. The van der Waals surface area contributed by atoms with Crippen molar-refractivity contribution in [2.75, 3.05) is 5.32 Å². The zero-order chi connectivity index (χ0) is 14.7. The molecule has 0 fully saturated rings. The average Bonchev–Trinajstić information content (AvgIpc) is 3.12. The third-order valence-electron chi connectivity index (χ3n) is 2.60. The van der Waals surface area contributed by atoms with Crippen LogP contribution in [-0.2, 0) is 0 Å². The minimum absolute atomic E-state index is 0.132. The number of rotatable bonds is 4. The number of carbonyl (C=O) groups is 1. The number of nitrogens with zero attached hydrogens (tertiary/aromatic N) is 4. The van der Waals surface area contributed by atoms with Gasteiger partial charge in [-0.2, -0.15) is 5.21 Å². The highest BCUT2D eigenvalue weighted by Gasteiger charge is 2.11. The topological polar surface area (TPSA) is 106 Å². The second-order valence-electron chi connectivity index (χ2n) is 4.04. The minimum Gasteiger partial charge on any atom is -0.422 e. The van der Waals surface area contributed by atoms with Gasteiger partial charge in [0.25, 0.3) is 5.91 Å². The number of tetrazole rings is 1. The smallest absolute Gasteiger partial charge is 0.361 e. The number of nitrogens with one attached hydrogen (secondary N) is 2. The largest absolute Gasteiger partial charge is 0.422 e. The zero-order valence-corrected chi connectivity index (χ0v) is 11.7. The van der Waals surface area contributed by atoms with Gasteiger partial charge in [0.05, 0.1) is 11.2 Å². The van der Waals surface area contributed by atoms with Gasteiger partial charge in [0.2, 0.25) is 0 Å². The first-order chi connectivity index (χ1) is 10.2. The molecule has 9 heteroatoms. The lowest BCUT2D eigenvalue weighted by Gasteiger charge is -2.05. The van der Waals surface area contributed by atoms with Gasteiger partial charge in [-0.05, 0) is 36.4 Å². The number of hydrogen-bond acceptors (Lipinski definition) is 7. The summed E-state index contributed by atoms with van der Waals surface area (Å²) in [5.41, 5.74) is 3.02. The summed E-state index contributed by atoms with van der Waals surface area (Å²) >= 11 is 1.31. The van der Waals surface area contributed by atoms with Gasteiger partial charge in [-0.1, -0.05) is 10.2 Å². The Morgan fingerprint density at radius 2 is 2.14 bits per heavy atom. The van der Waals surface area contributed by atoms with E-state index in [1.165, 1.54) is 11.3 Å². The van der Waals surface area contributed by atoms with Gasteiger partial charge in [0.15, 0.2) is 0 Å². The summed E-state index contributed by atoms with van der Waals surface area (Å²) in [7, 11) is 0. The predicted octanol–water partition coefficient (Wildman–Crippen LogP) is 2.01. The summed E-state index contributed by atoms with van der Waals surface area (Å²) in [5, 5.41) is 15.8. The first-order valence-electron chi connectivity index (χ1n) is 5.95. The van der Waals surface area contributed by atoms with Crippen LogP contribution in [-0.4, -0.2) is 31.5 Å². The lowest BCUT2D eigenvalue weighted by atomic mass is 10.3. The Balaban J connectivity index is 1.67. The van der Waals surface area contributed by atoms with Crippen molar-refractivity contribution >= 4 is 22.9 Å². The van der Waals surface area contributed by atoms with E-state index in [1.54, 1.807) is 36.7 Å². The van der Waals surface area contributed by atoms with E-state index in [9.17, 15) is 4.79 Å². The Morgan fingerprint density at radius 1 is 1.33 bits per heavy atom. The van der Waals surface area contributed by atoms with Crippen LogP contribution in [0.3, 0.4) is 0 Å². The van der Waals surface area contributed by atoms with E-state index in [2.05, 4.69) is 30.9 Å². The first kappa shape index (κ1) is 13.2. The average molecular weight is 302 g/mol. The molecule has 0 aliphatic rings. The maximum Gasteiger partial charge on any atom is 0.361 e. The van der Waals surface area contributed by atoms with Crippen molar-refractivity contribution < 1.29 is 9.53 Å². The molecule has 0 unspecified atom stereocenters. The second kappa shape index (κ2) is 5.67. The van der Waals surface area contributed by atoms with Crippen LogP contribution in [0.2, 0.25) is 0 Å². The van der Waals surface area contributed by atoms with E-state index < -0.39 is 0 Å². The van der Waals surface area contributed by atoms with E-state index in [1.807, 2.05) is 0 Å². The van der Waals surface area contributed by atoms with Crippen LogP contribution in [0.1, 0.15) is 15.4 Å². The molecule has 1 aromatic carbocycles. The number of hydrogen-bond donors (Lipinski definition) is 2. The van der Waals surface area contributed by atoms with Crippen LogP contribution >= 0.6 is 11.3 Å². The summed E-state index contributed by atoms with van der Waals surface area (Å²) < 4.78 is 5.33. The minimum atomic E-state index is -0.179. The molecule has 0 bridgehead atoms. The number of carbonyl (C=O) groups excluding carboxylic acids is 1. The molecule has 0 radical (unpaired) electrons. The van der Waals surface area contributed by atoms with Crippen LogP contribution in [0.5, 0.6) is 11.8 Å². The monoisotopic (exact) mass is 302 g/mol. The number of aromatic nitrogens is 5. The van der Waals surface area contributed by atoms with E-state index >= 15 is 0 Å². The van der Waals surface area contributed by atoms with Crippen LogP contribution < -0.4 is 10.1 Å². The molecule has 2 N–H and O–H groups in total. The number of amides is 1. The molecule has 8 nitrogen and oxygen atoms in total. The number of anilines is 1. The van der Waals surface area contributed by atoms with Gasteiger partial charge in [-0.25, -0.2) is 4.98 Å². The predicted molar refractivity (Wildman–Crippen MR) is 75.5 cm³/mol. The molecule has 3 aromatic rings. The van der Waals surface area contributed by atoms with E-state index in [-0.39, 0.29) is 11.9 Å². The summed E-state index contributed by atoms with van der Waals surface area (Å²) in [6.45, 7) is 1.80. The second-order valence-corrected chi connectivity index (χ2v) is 4.90. The summed E-state index contributed by atoms with van der Waals surface area (Å²) in [6.07, 6.45) is 0. The maximum absolute atomic E-state index is 12.0. The highest BCUT2D eigenvalue weighted by Crippen LogP contribution is 2.21. The third-order valence-corrected chi connectivity index (χ3v) is 3.53. The van der Waals surface area contributed by atoms with Gasteiger partial charge in [0, 0.05) is 5.69 Å². The van der Waals surface area contributed by atoms with Gasteiger partial charge < -0.3 is 10.1 Å². The fourth-order valence-electron chi connectivity index (χ4n) is 1.62.